The van der Waals surface area contributed by atoms with Gasteiger partial charge < -0.3 is 5.73 Å². The fraction of sp³-hybridized carbons (Fsp3) is 0.346. The molecule has 37 heavy (non-hydrogen) atoms. The fourth-order valence-electron chi connectivity index (χ4n) is 4.02. The van der Waals surface area contributed by atoms with E-state index in [1.54, 1.807) is 0 Å². The lowest BCUT2D eigenvalue weighted by atomic mass is 9.90. The molecule has 2 aromatic carbocycles. The molecule has 0 saturated carbocycles. The molecule has 0 aliphatic rings. The van der Waals surface area contributed by atoms with Crippen molar-refractivity contribution in [3.05, 3.63) is 76.6 Å². The summed E-state index contributed by atoms with van der Waals surface area (Å²) in [5.41, 5.74) is 12.5. The lowest BCUT2D eigenvalue weighted by Gasteiger charge is -2.21. The summed E-state index contributed by atoms with van der Waals surface area (Å²) in [7, 11) is -7.32. The van der Waals surface area contributed by atoms with E-state index in [0.29, 0.717) is 5.92 Å². The SMILES string of the molecule is Cc1ccc(-c2c(CNS(=O)(=O)c3ccc(S(C)(=O)=O)cc3)c(C)nc(CC(C)C)c2CN)cc1.Cl.Cl. The molecule has 0 amide bonds. The number of hydrogen-bond donors (Lipinski definition) is 2. The molecular formula is C26H35Cl2N3O4S2. The summed E-state index contributed by atoms with van der Waals surface area (Å²) < 4.78 is 52.1. The largest absolute Gasteiger partial charge is 0.326 e. The van der Waals surface area contributed by atoms with Crippen molar-refractivity contribution < 1.29 is 16.8 Å². The number of nitrogens with one attached hydrogen (secondary N) is 1. The van der Waals surface area contributed by atoms with E-state index in [2.05, 4.69) is 18.6 Å². The number of rotatable bonds is 9. The zero-order valence-corrected chi connectivity index (χ0v) is 24.9. The summed E-state index contributed by atoms with van der Waals surface area (Å²) in [6.45, 7) is 8.45. The zero-order valence-electron chi connectivity index (χ0n) is 21.6. The highest BCUT2D eigenvalue weighted by Gasteiger charge is 2.22. The molecule has 1 aromatic heterocycles. The molecule has 0 atom stereocenters. The van der Waals surface area contributed by atoms with Crippen LogP contribution in [0.2, 0.25) is 0 Å². The summed E-state index contributed by atoms with van der Waals surface area (Å²) in [6, 6.07) is 13.2. The van der Waals surface area contributed by atoms with Crippen molar-refractivity contribution in [1.29, 1.82) is 0 Å². The lowest BCUT2D eigenvalue weighted by Crippen LogP contribution is -2.25. The van der Waals surface area contributed by atoms with Crippen LogP contribution in [0.15, 0.2) is 58.3 Å². The Balaban J connectivity index is 0.00000342. The third-order valence-corrected chi connectivity index (χ3v) is 8.38. The number of nitrogens with zero attached hydrogens (tertiary/aromatic N) is 1. The van der Waals surface area contributed by atoms with Crippen molar-refractivity contribution in [1.82, 2.24) is 9.71 Å². The molecule has 0 aliphatic heterocycles. The lowest BCUT2D eigenvalue weighted by molar-refractivity contribution is 0.580. The zero-order chi connectivity index (χ0) is 26.0. The predicted octanol–water partition coefficient (Wildman–Crippen LogP) is 4.75. The Morgan fingerprint density at radius 2 is 1.41 bits per heavy atom. The first-order chi connectivity index (χ1) is 16.3. The van der Waals surface area contributed by atoms with Crippen LogP contribution in [0.4, 0.5) is 0 Å². The topological polar surface area (TPSA) is 119 Å². The molecule has 0 saturated heterocycles. The molecule has 0 aliphatic carbocycles. The van der Waals surface area contributed by atoms with Gasteiger partial charge in [-0.15, -0.1) is 24.8 Å². The van der Waals surface area contributed by atoms with E-state index in [4.69, 9.17) is 10.7 Å². The molecule has 3 aromatic rings. The van der Waals surface area contributed by atoms with Gasteiger partial charge in [-0.25, -0.2) is 21.6 Å². The minimum atomic E-state index is -3.90. The molecule has 3 N–H and O–H groups in total. The van der Waals surface area contributed by atoms with Gasteiger partial charge in [-0.05, 0) is 72.7 Å². The second kappa shape index (κ2) is 13.2. The second-order valence-corrected chi connectivity index (χ2v) is 13.0. The minimum absolute atomic E-state index is 0. The number of benzene rings is 2. The summed E-state index contributed by atoms with van der Waals surface area (Å²) >= 11 is 0. The highest BCUT2D eigenvalue weighted by Crippen LogP contribution is 2.33. The van der Waals surface area contributed by atoms with Crippen LogP contribution >= 0.6 is 24.8 Å². The second-order valence-electron chi connectivity index (χ2n) is 9.21. The number of hydrogen-bond acceptors (Lipinski definition) is 6. The van der Waals surface area contributed by atoms with Gasteiger partial charge in [0.2, 0.25) is 10.0 Å². The summed E-state index contributed by atoms with van der Waals surface area (Å²) in [6.07, 6.45) is 1.85. The van der Waals surface area contributed by atoms with Gasteiger partial charge in [0.1, 0.15) is 0 Å². The Bertz CT molecular complexity index is 1420. The molecule has 7 nitrogen and oxygen atoms in total. The third-order valence-electron chi connectivity index (χ3n) is 5.84. The van der Waals surface area contributed by atoms with Crippen molar-refractivity contribution in [3.63, 3.8) is 0 Å². The van der Waals surface area contributed by atoms with Gasteiger partial charge in [0, 0.05) is 30.7 Å². The maximum atomic E-state index is 13.0. The van der Waals surface area contributed by atoms with Crippen LogP contribution in [0.5, 0.6) is 0 Å². The van der Waals surface area contributed by atoms with Crippen LogP contribution in [-0.2, 0) is 39.4 Å². The first kappa shape index (κ1) is 33.0. The van der Waals surface area contributed by atoms with E-state index < -0.39 is 19.9 Å². The average molecular weight is 589 g/mol. The number of sulfonamides is 1. The molecule has 0 bridgehead atoms. The van der Waals surface area contributed by atoms with Gasteiger partial charge in [0.05, 0.1) is 9.79 Å². The van der Waals surface area contributed by atoms with Crippen LogP contribution in [0, 0.1) is 19.8 Å². The minimum Gasteiger partial charge on any atom is -0.326 e. The van der Waals surface area contributed by atoms with E-state index in [9.17, 15) is 16.8 Å². The van der Waals surface area contributed by atoms with Crippen LogP contribution in [0.3, 0.4) is 0 Å². The van der Waals surface area contributed by atoms with Gasteiger partial charge >= 0.3 is 0 Å². The smallest absolute Gasteiger partial charge is 0.240 e. The van der Waals surface area contributed by atoms with Crippen molar-refractivity contribution in [2.24, 2.45) is 11.7 Å². The first-order valence-electron chi connectivity index (χ1n) is 11.4. The van der Waals surface area contributed by atoms with E-state index in [1.807, 2.05) is 38.1 Å². The summed E-state index contributed by atoms with van der Waals surface area (Å²) in [5, 5.41) is 0. The Morgan fingerprint density at radius 1 is 0.865 bits per heavy atom. The van der Waals surface area contributed by atoms with Gasteiger partial charge in [0.25, 0.3) is 0 Å². The van der Waals surface area contributed by atoms with Crippen LogP contribution in [-0.4, -0.2) is 28.1 Å². The molecule has 204 valence electrons. The first-order valence-corrected chi connectivity index (χ1v) is 14.8. The van der Waals surface area contributed by atoms with Crippen LogP contribution in [0.1, 0.15) is 41.9 Å². The van der Waals surface area contributed by atoms with E-state index in [1.165, 1.54) is 24.3 Å². The number of aromatic nitrogens is 1. The highest BCUT2D eigenvalue weighted by atomic mass is 35.5. The number of pyridine rings is 1. The number of sulfone groups is 1. The predicted molar refractivity (Wildman–Crippen MR) is 154 cm³/mol. The van der Waals surface area contributed by atoms with E-state index >= 15 is 0 Å². The third kappa shape index (κ3) is 7.99. The van der Waals surface area contributed by atoms with Crippen LogP contribution in [0.25, 0.3) is 11.1 Å². The van der Waals surface area contributed by atoms with Gasteiger partial charge in [-0.2, -0.15) is 0 Å². The van der Waals surface area contributed by atoms with Crippen molar-refractivity contribution >= 4 is 44.7 Å². The Hall–Kier alpha value is -2.01. The van der Waals surface area contributed by atoms with E-state index in [-0.39, 0.29) is 47.7 Å². The highest BCUT2D eigenvalue weighted by molar-refractivity contribution is 7.90. The summed E-state index contributed by atoms with van der Waals surface area (Å²) in [5.74, 6) is 0.386. The number of aryl methyl sites for hydroxylation is 2. The Kier molecular flexibility index (Phi) is 11.8. The quantitative estimate of drug-likeness (QED) is 0.373. The average Bonchev–Trinajstić information content (AvgIpc) is 2.78. The Morgan fingerprint density at radius 3 is 1.89 bits per heavy atom. The molecule has 3 rings (SSSR count). The molecule has 1 heterocycles. The van der Waals surface area contributed by atoms with Crippen molar-refractivity contribution in [2.75, 3.05) is 6.26 Å². The normalized spacial score (nSPS) is 11.6. The van der Waals surface area contributed by atoms with Crippen molar-refractivity contribution in [3.8, 4) is 11.1 Å². The molecule has 0 unspecified atom stereocenters. The molecule has 0 spiro atoms. The van der Waals surface area contributed by atoms with E-state index in [0.717, 1.165) is 51.9 Å². The standard InChI is InChI=1S/C26H33N3O4S2.2ClH/c1-17(2)14-25-23(15-27)26(20-8-6-18(3)7-9-20)24(19(4)29-25)16-28-35(32,33)22-12-10-21(11-13-22)34(5,30)31;;/h6-13,17,28H,14-16,27H2,1-5H3;2*1H. The molecule has 0 fully saturated rings. The fourth-order valence-corrected chi connectivity index (χ4v) is 5.65. The van der Waals surface area contributed by atoms with Gasteiger partial charge in [-0.3, -0.25) is 4.98 Å². The van der Waals surface area contributed by atoms with Crippen molar-refractivity contribution in [2.45, 2.75) is 57.0 Å². The number of halogens is 2. The Labute approximate surface area is 233 Å². The maximum Gasteiger partial charge on any atom is 0.240 e. The van der Waals surface area contributed by atoms with Crippen LogP contribution < -0.4 is 10.5 Å². The monoisotopic (exact) mass is 587 g/mol. The maximum absolute atomic E-state index is 13.0. The summed E-state index contributed by atoms with van der Waals surface area (Å²) in [4.78, 5) is 4.87. The molecule has 11 heteroatoms. The molecule has 0 radical (unpaired) electrons. The van der Waals surface area contributed by atoms with Gasteiger partial charge in [0.15, 0.2) is 9.84 Å². The van der Waals surface area contributed by atoms with Gasteiger partial charge in [-0.1, -0.05) is 43.7 Å². The number of nitrogens with two attached hydrogens (primary N) is 1. The molecular weight excluding hydrogens is 553 g/mol.